The number of H-pyrrole nitrogens is 1. The average molecular weight is 387 g/mol. The van der Waals surface area contributed by atoms with Crippen molar-refractivity contribution in [3.8, 4) is 0 Å². The molecule has 0 aliphatic carbocycles. The molecule has 23 heavy (non-hydrogen) atoms. The number of aromatic amines is 1. The highest BCUT2D eigenvalue weighted by Gasteiger charge is 2.16. The summed E-state index contributed by atoms with van der Waals surface area (Å²) >= 11 is 3.33. The molecule has 1 atom stereocenters. The Morgan fingerprint density at radius 1 is 1.26 bits per heavy atom. The van der Waals surface area contributed by atoms with Crippen molar-refractivity contribution in [3.05, 3.63) is 16.4 Å². The van der Waals surface area contributed by atoms with E-state index in [2.05, 4.69) is 57.1 Å². The average Bonchev–Trinajstić information content (AvgIpc) is 2.93. The predicted octanol–water partition coefficient (Wildman–Crippen LogP) is 3.97. The van der Waals surface area contributed by atoms with Gasteiger partial charge in [-0.1, -0.05) is 39.5 Å². The van der Waals surface area contributed by atoms with Gasteiger partial charge in [-0.05, 0) is 48.8 Å². The van der Waals surface area contributed by atoms with Crippen LogP contribution in [0.5, 0.6) is 0 Å². The molecule has 1 rings (SSSR count). The highest BCUT2D eigenvalue weighted by molar-refractivity contribution is 9.10. The van der Waals surface area contributed by atoms with Crippen LogP contribution in [0.2, 0.25) is 0 Å². The Balaban J connectivity index is 2.45. The van der Waals surface area contributed by atoms with Crippen LogP contribution in [0.3, 0.4) is 0 Å². The first-order chi connectivity index (χ1) is 11.1. The van der Waals surface area contributed by atoms with Gasteiger partial charge in [0.05, 0.1) is 10.7 Å². The molecular weight excluding hydrogens is 356 g/mol. The molecule has 1 heterocycles. The van der Waals surface area contributed by atoms with Crippen molar-refractivity contribution < 1.29 is 4.79 Å². The molecule has 6 heteroatoms. The number of unbranched alkanes of at least 4 members (excludes halogenated alkanes) is 4. The number of halogens is 1. The quantitative estimate of drug-likeness (QED) is 0.534. The van der Waals surface area contributed by atoms with Crippen LogP contribution in [0, 0.1) is 0 Å². The third-order valence-electron chi connectivity index (χ3n) is 3.89. The van der Waals surface area contributed by atoms with Gasteiger partial charge < -0.3 is 10.2 Å². The Morgan fingerprint density at radius 3 is 2.35 bits per heavy atom. The van der Waals surface area contributed by atoms with Crippen molar-refractivity contribution in [1.29, 1.82) is 0 Å². The Morgan fingerprint density at radius 2 is 1.87 bits per heavy atom. The number of nitrogens with zero attached hydrogens (tertiary/aromatic N) is 2. The molecule has 0 aromatic carbocycles. The van der Waals surface area contributed by atoms with E-state index in [1.807, 2.05) is 0 Å². The first-order valence-electron chi connectivity index (χ1n) is 8.80. The summed E-state index contributed by atoms with van der Waals surface area (Å²) in [6.45, 7) is 9.65. The molecule has 0 aliphatic heterocycles. The van der Waals surface area contributed by atoms with Crippen LogP contribution >= 0.6 is 15.9 Å². The lowest BCUT2D eigenvalue weighted by Gasteiger charge is -2.26. The van der Waals surface area contributed by atoms with Crippen molar-refractivity contribution in [2.24, 2.45) is 0 Å². The minimum Gasteiger partial charge on any atom is -0.347 e. The van der Waals surface area contributed by atoms with Crippen LogP contribution in [0.4, 0.5) is 0 Å². The van der Waals surface area contributed by atoms with Crippen LogP contribution in [-0.4, -0.2) is 46.7 Å². The van der Waals surface area contributed by atoms with Crippen LogP contribution in [0.1, 0.15) is 69.8 Å². The number of amides is 1. The largest absolute Gasteiger partial charge is 0.347 e. The minimum absolute atomic E-state index is 0.107. The normalized spacial score (nSPS) is 12.6. The molecule has 0 radical (unpaired) electrons. The Hall–Kier alpha value is -0.880. The van der Waals surface area contributed by atoms with Gasteiger partial charge in [-0.15, -0.1) is 0 Å². The summed E-state index contributed by atoms with van der Waals surface area (Å²) in [4.78, 5) is 14.7. The lowest BCUT2D eigenvalue weighted by atomic mass is 10.2. The van der Waals surface area contributed by atoms with Gasteiger partial charge in [0.15, 0.2) is 0 Å². The van der Waals surface area contributed by atoms with E-state index in [1.54, 1.807) is 6.20 Å². The summed E-state index contributed by atoms with van der Waals surface area (Å²) in [5, 5.41) is 9.65. The summed E-state index contributed by atoms with van der Waals surface area (Å²) in [6.07, 6.45) is 9.08. The third kappa shape index (κ3) is 7.97. The van der Waals surface area contributed by atoms with Crippen LogP contribution < -0.4 is 5.32 Å². The van der Waals surface area contributed by atoms with Crippen molar-refractivity contribution in [1.82, 2.24) is 20.4 Å². The molecule has 1 aromatic heterocycles. The summed E-state index contributed by atoms with van der Waals surface area (Å²) in [5.74, 6) is -0.107. The van der Waals surface area contributed by atoms with Crippen LogP contribution in [-0.2, 0) is 0 Å². The molecule has 0 saturated heterocycles. The third-order valence-corrected chi connectivity index (χ3v) is 4.49. The molecule has 0 aliphatic rings. The predicted molar refractivity (Wildman–Crippen MR) is 98.7 cm³/mol. The van der Waals surface area contributed by atoms with E-state index in [9.17, 15) is 4.79 Å². The summed E-state index contributed by atoms with van der Waals surface area (Å²) in [6, 6.07) is 0.112. The topological polar surface area (TPSA) is 61.0 Å². The Kier molecular flexibility index (Phi) is 10.2. The van der Waals surface area contributed by atoms with E-state index in [1.165, 1.54) is 38.5 Å². The van der Waals surface area contributed by atoms with E-state index in [0.717, 1.165) is 19.6 Å². The number of hydrogen-bond acceptors (Lipinski definition) is 3. The highest BCUT2D eigenvalue weighted by atomic mass is 79.9. The molecule has 0 saturated carbocycles. The summed E-state index contributed by atoms with van der Waals surface area (Å²) < 4.78 is 0.699. The smallest absolute Gasteiger partial charge is 0.270 e. The molecular formula is C17H31BrN4O. The fraction of sp³-hybridized carbons (Fsp3) is 0.765. The summed E-state index contributed by atoms with van der Waals surface area (Å²) in [7, 11) is 0. The van der Waals surface area contributed by atoms with Gasteiger partial charge in [0.25, 0.3) is 5.91 Å². The second-order valence-corrected chi connectivity index (χ2v) is 7.04. The van der Waals surface area contributed by atoms with Crippen molar-refractivity contribution in [2.75, 3.05) is 19.6 Å². The van der Waals surface area contributed by atoms with Gasteiger partial charge in [0.1, 0.15) is 5.69 Å². The number of nitrogens with one attached hydrogen (secondary N) is 2. The van der Waals surface area contributed by atoms with Crippen molar-refractivity contribution in [3.63, 3.8) is 0 Å². The van der Waals surface area contributed by atoms with Gasteiger partial charge in [0, 0.05) is 12.6 Å². The molecule has 1 amide bonds. The number of carbonyl (C=O) groups excluding carboxylic acids is 1. The van der Waals surface area contributed by atoms with E-state index in [0.29, 0.717) is 10.2 Å². The van der Waals surface area contributed by atoms with Crippen LogP contribution in [0.25, 0.3) is 0 Å². The highest BCUT2D eigenvalue weighted by Crippen LogP contribution is 2.12. The molecule has 5 nitrogen and oxygen atoms in total. The lowest BCUT2D eigenvalue weighted by Crippen LogP contribution is -2.42. The van der Waals surface area contributed by atoms with E-state index >= 15 is 0 Å². The zero-order valence-electron chi connectivity index (χ0n) is 14.7. The number of carbonyl (C=O) groups is 1. The van der Waals surface area contributed by atoms with Crippen molar-refractivity contribution >= 4 is 21.8 Å². The van der Waals surface area contributed by atoms with E-state index < -0.39 is 0 Å². The zero-order chi connectivity index (χ0) is 17.1. The van der Waals surface area contributed by atoms with Gasteiger partial charge in [0.2, 0.25) is 0 Å². The maximum absolute atomic E-state index is 12.2. The molecule has 2 N–H and O–H groups in total. The second kappa shape index (κ2) is 11.6. The lowest BCUT2D eigenvalue weighted by molar-refractivity contribution is 0.0922. The standard InChI is InChI=1S/C17H31BrN4O/c1-4-6-8-10-22(11-9-7-5-2)13-14(3)20-17(23)16-15(18)12-19-21-16/h12,14H,4-11,13H2,1-3H3,(H,19,21)(H,20,23). The maximum atomic E-state index is 12.2. The van der Waals surface area contributed by atoms with E-state index in [4.69, 9.17) is 0 Å². The molecule has 0 fully saturated rings. The molecule has 132 valence electrons. The van der Waals surface area contributed by atoms with Crippen LogP contribution in [0.15, 0.2) is 10.7 Å². The van der Waals surface area contributed by atoms with Gasteiger partial charge >= 0.3 is 0 Å². The number of hydrogen-bond donors (Lipinski definition) is 2. The van der Waals surface area contributed by atoms with Gasteiger partial charge in [-0.3, -0.25) is 9.89 Å². The Labute approximate surface area is 148 Å². The zero-order valence-corrected chi connectivity index (χ0v) is 16.3. The second-order valence-electron chi connectivity index (χ2n) is 6.18. The molecule has 0 bridgehead atoms. The monoisotopic (exact) mass is 386 g/mol. The first kappa shape index (κ1) is 20.2. The maximum Gasteiger partial charge on any atom is 0.270 e. The fourth-order valence-electron chi connectivity index (χ4n) is 2.62. The molecule has 1 unspecified atom stereocenters. The van der Waals surface area contributed by atoms with E-state index in [-0.39, 0.29) is 11.9 Å². The SMILES string of the molecule is CCCCCN(CCCCC)CC(C)NC(=O)c1[nH]ncc1Br. The molecule has 0 spiro atoms. The number of rotatable bonds is 12. The van der Waals surface area contributed by atoms with Crippen molar-refractivity contribution in [2.45, 2.75) is 65.3 Å². The summed E-state index contributed by atoms with van der Waals surface area (Å²) in [5.41, 5.74) is 0.486. The minimum atomic E-state index is -0.107. The Bertz CT molecular complexity index is 440. The first-order valence-corrected chi connectivity index (χ1v) is 9.59. The van der Waals surface area contributed by atoms with Gasteiger partial charge in [-0.2, -0.15) is 5.10 Å². The van der Waals surface area contributed by atoms with Gasteiger partial charge in [-0.25, -0.2) is 0 Å². The molecule has 1 aromatic rings. The fourth-order valence-corrected chi connectivity index (χ4v) is 3.00. The number of aromatic nitrogens is 2.